The molecule has 0 spiro atoms. The number of rotatable bonds is 3. The summed E-state index contributed by atoms with van der Waals surface area (Å²) in [6.07, 6.45) is 2.18. The van der Waals surface area contributed by atoms with Gasteiger partial charge in [-0.05, 0) is 47.3 Å². The minimum Gasteiger partial charge on any atom is -0.478 e. The molecule has 18 heavy (non-hydrogen) atoms. The van der Waals surface area contributed by atoms with Crippen LogP contribution in [0.4, 0.5) is 5.69 Å². The first-order valence-corrected chi connectivity index (χ1v) is 6.35. The summed E-state index contributed by atoms with van der Waals surface area (Å²) in [6.45, 7) is 0. The van der Waals surface area contributed by atoms with Crippen LogP contribution in [0.3, 0.4) is 0 Å². The fraction of sp³-hybridized carbons (Fsp3) is 0.333. The van der Waals surface area contributed by atoms with Gasteiger partial charge in [-0.2, -0.15) is 0 Å². The van der Waals surface area contributed by atoms with E-state index in [4.69, 9.17) is 10.8 Å². The molecule has 1 aromatic carbocycles. The van der Waals surface area contributed by atoms with Crippen molar-refractivity contribution in [2.24, 2.45) is 5.73 Å². The summed E-state index contributed by atoms with van der Waals surface area (Å²) >= 11 is 3.23. The molecule has 2 rings (SSSR count). The third kappa shape index (κ3) is 2.26. The fourth-order valence-corrected chi connectivity index (χ4v) is 2.32. The Labute approximate surface area is 112 Å². The normalized spacial score (nSPS) is 16.8. The van der Waals surface area contributed by atoms with Gasteiger partial charge >= 0.3 is 5.97 Å². The predicted octanol–water partition coefficient (Wildman–Crippen LogP) is 1.97. The maximum absolute atomic E-state index is 12.0. The maximum atomic E-state index is 12.0. The average Bonchev–Trinajstić information content (AvgIpc) is 2.28. The van der Waals surface area contributed by atoms with Crippen LogP contribution >= 0.6 is 15.9 Å². The van der Waals surface area contributed by atoms with Gasteiger partial charge in [0.25, 0.3) is 0 Å². The van der Waals surface area contributed by atoms with E-state index in [2.05, 4.69) is 21.2 Å². The molecule has 1 fully saturated rings. The molecule has 0 aromatic heterocycles. The number of amides is 1. The molecule has 0 radical (unpaired) electrons. The number of carboxylic acids is 1. The quantitative estimate of drug-likeness (QED) is 0.795. The van der Waals surface area contributed by atoms with E-state index in [1.165, 1.54) is 6.07 Å². The Kier molecular flexibility index (Phi) is 3.41. The van der Waals surface area contributed by atoms with Crippen LogP contribution in [0, 0.1) is 0 Å². The molecule has 6 heteroatoms. The molecule has 0 unspecified atom stereocenters. The first-order valence-electron chi connectivity index (χ1n) is 5.56. The molecule has 0 atom stereocenters. The van der Waals surface area contributed by atoms with Crippen molar-refractivity contribution >= 4 is 33.5 Å². The molecule has 1 aliphatic rings. The molecule has 0 aliphatic heterocycles. The summed E-state index contributed by atoms with van der Waals surface area (Å²) in [7, 11) is 0. The van der Waals surface area contributed by atoms with Crippen LogP contribution in [-0.4, -0.2) is 22.5 Å². The smallest absolute Gasteiger partial charge is 0.337 e. The number of anilines is 1. The Morgan fingerprint density at radius 2 is 2.06 bits per heavy atom. The Balaban J connectivity index is 2.28. The van der Waals surface area contributed by atoms with E-state index >= 15 is 0 Å². The number of nitrogens with two attached hydrogens (primary N) is 1. The van der Waals surface area contributed by atoms with Gasteiger partial charge in [0.2, 0.25) is 5.91 Å². The van der Waals surface area contributed by atoms with Crippen molar-refractivity contribution in [3.05, 3.63) is 28.2 Å². The number of benzene rings is 1. The average molecular weight is 313 g/mol. The molecular formula is C12H13BrN2O3. The third-order valence-electron chi connectivity index (χ3n) is 3.18. The lowest BCUT2D eigenvalue weighted by molar-refractivity contribution is -0.123. The van der Waals surface area contributed by atoms with Crippen LogP contribution in [0.5, 0.6) is 0 Å². The third-order valence-corrected chi connectivity index (χ3v) is 3.84. The highest BCUT2D eigenvalue weighted by molar-refractivity contribution is 9.10. The van der Waals surface area contributed by atoms with Crippen molar-refractivity contribution in [1.82, 2.24) is 0 Å². The number of carbonyl (C=O) groups is 2. The summed E-state index contributed by atoms with van der Waals surface area (Å²) < 4.78 is 0.527. The number of halogens is 1. The summed E-state index contributed by atoms with van der Waals surface area (Å²) in [5.74, 6) is -1.42. The molecule has 4 N–H and O–H groups in total. The SMILES string of the molecule is NC1(C(=O)Nc2c(Br)cccc2C(=O)O)CCC1. The zero-order valence-corrected chi connectivity index (χ0v) is 11.2. The monoisotopic (exact) mass is 312 g/mol. The van der Waals surface area contributed by atoms with E-state index in [0.29, 0.717) is 17.3 Å². The molecule has 1 aliphatic carbocycles. The Bertz CT molecular complexity index is 512. The fourth-order valence-electron chi connectivity index (χ4n) is 1.85. The molecule has 96 valence electrons. The minimum atomic E-state index is -1.09. The molecule has 0 heterocycles. The second kappa shape index (κ2) is 4.70. The van der Waals surface area contributed by atoms with E-state index in [9.17, 15) is 9.59 Å². The zero-order chi connectivity index (χ0) is 13.3. The number of carbonyl (C=O) groups excluding carboxylic acids is 1. The Morgan fingerprint density at radius 3 is 2.56 bits per heavy atom. The molecule has 5 nitrogen and oxygen atoms in total. The molecule has 1 aromatic rings. The zero-order valence-electron chi connectivity index (χ0n) is 9.57. The van der Waals surface area contributed by atoms with Gasteiger partial charge in [-0.3, -0.25) is 4.79 Å². The highest BCUT2D eigenvalue weighted by Gasteiger charge is 2.40. The summed E-state index contributed by atoms with van der Waals surface area (Å²) in [5.41, 5.74) is 5.34. The van der Waals surface area contributed by atoms with E-state index < -0.39 is 11.5 Å². The Morgan fingerprint density at radius 1 is 1.39 bits per heavy atom. The summed E-state index contributed by atoms with van der Waals surface area (Å²) in [4.78, 5) is 23.1. The number of aromatic carboxylic acids is 1. The van der Waals surface area contributed by atoms with Crippen molar-refractivity contribution in [2.75, 3.05) is 5.32 Å². The van der Waals surface area contributed by atoms with E-state index in [1.54, 1.807) is 12.1 Å². The largest absolute Gasteiger partial charge is 0.478 e. The van der Waals surface area contributed by atoms with E-state index in [-0.39, 0.29) is 17.2 Å². The first kappa shape index (κ1) is 13.0. The van der Waals surface area contributed by atoms with Gasteiger partial charge < -0.3 is 16.2 Å². The molecule has 0 saturated heterocycles. The van der Waals surface area contributed by atoms with Gasteiger partial charge in [0, 0.05) is 4.47 Å². The van der Waals surface area contributed by atoms with E-state index in [1.807, 2.05) is 0 Å². The lowest BCUT2D eigenvalue weighted by Crippen LogP contribution is -2.56. The lowest BCUT2D eigenvalue weighted by atomic mass is 9.77. The van der Waals surface area contributed by atoms with Crippen LogP contribution < -0.4 is 11.1 Å². The number of nitrogens with one attached hydrogen (secondary N) is 1. The number of carboxylic acid groups (broad SMARTS) is 1. The van der Waals surface area contributed by atoms with Crippen LogP contribution in [-0.2, 0) is 4.79 Å². The van der Waals surface area contributed by atoms with Crippen molar-refractivity contribution in [2.45, 2.75) is 24.8 Å². The first-order chi connectivity index (χ1) is 8.44. The van der Waals surface area contributed by atoms with Crippen molar-refractivity contribution in [3.63, 3.8) is 0 Å². The lowest BCUT2D eigenvalue weighted by Gasteiger charge is -2.36. The molecule has 1 amide bonds. The van der Waals surface area contributed by atoms with Gasteiger partial charge in [-0.1, -0.05) is 6.07 Å². The van der Waals surface area contributed by atoms with Gasteiger partial charge in [0.15, 0.2) is 0 Å². The van der Waals surface area contributed by atoms with Crippen molar-refractivity contribution < 1.29 is 14.7 Å². The molecule has 0 bridgehead atoms. The topological polar surface area (TPSA) is 92.4 Å². The van der Waals surface area contributed by atoms with Gasteiger partial charge in [0.05, 0.1) is 16.8 Å². The van der Waals surface area contributed by atoms with E-state index in [0.717, 1.165) is 6.42 Å². The molecular weight excluding hydrogens is 300 g/mol. The summed E-state index contributed by atoms with van der Waals surface area (Å²) in [5, 5.41) is 11.7. The standard InChI is InChI=1S/C12H13BrN2O3/c13-8-4-1-3-7(10(16)17)9(8)15-11(18)12(14)5-2-6-12/h1,3-4H,2,5-6,14H2,(H,15,18)(H,16,17). The van der Waals surface area contributed by atoms with Gasteiger partial charge in [0.1, 0.15) is 0 Å². The highest BCUT2D eigenvalue weighted by Crippen LogP contribution is 2.32. The predicted molar refractivity (Wildman–Crippen MR) is 70.5 cm³/mol. The van der Waals surface area contributed by atoms with Crippen molar-refractivity contribution in [3.8, 4) is 0 Å². The number of hydrogen-bond donors (Lipinski definition) is 3. The highest BCUT2D eigenvalue weighted by atomic mass is 79.9. The molecule has 1 saturated carbocycles. The van der Waals surface area contributed by atoms with Crippen LogP contribution in [0.15, 0.2) is 22.7 Å². The van der Waals surface area contributed by atoms with Crippen LogP contribution in [0.1, 0.15) is 29.6 Å². The van der Waals surface area contributed by atoms with Gasteiger partial charge in [-0.15, -0.1) is 0 Å². The van der Waals surface area contributed by atoms with Gasteiger partial charge in [-0.25, -0.2) is 4.79 Å². The Hall–Kier alpha value is -1.40. The second-order valence-corrected chi connectivity index (χ2v) is 5.29. The minimum absolute atomic E-state index is 0.0423. The maximum Gasteiger partial charge on any atom is 0.337 e. The number of para-hydroxylation sites is 1. The summed E-state index contributed by atoms with van der Waals surface area (Å²) in [6, 6.07) is 4.71. The van der Waals surface area contributed by atoms with Crippen LogP contribution in [0.2, 0.25) is 0 Å². The van der Waals surface area contributed by atoms with Crippen LogP contribution in [0.25, 0.3) is 0 Å². The number of hydrogen-bond acceptors (Lipinski definition) is 3. The van der Waals surface area contributed by atoms with Crippen molar-refractivity contribution in [1.29, 1.82) is 0 Å². The second-order valence-electron chi connectivity index (χ2n) is 4.43.